The number of aliphatic carboxylic acids is 1. The first-order valence-corrected chi connectivity index (χ1v) is 5.05. The molecule has 0 aliphatic heterocycles. The fourth-order valence-electron chi connectivity index (χ4n) is 1.34. The smallest absolute Gasteiger partial charge is 0.337 e. The third-order valence-corrected chi connectivity index (χ3v) is 1.97. The Bertz CT molecular complexity index is 322. The Hall–Kier alpha value is -1.36. The second kappa shape index (κ2) is 5.50. The van der Waals surface area contributed by atoms with Crippen molar-refractivity contribution in [3.05, 3.63) is 18.0 Å². The lowest BCUT2D eigenvalue weighted by molar-refractivity contribution is -0.150. The highest BCUT2D eigenvalue weighted by atomic mass is 16.5. The molecule has 1 N–H and O–H groups in total. The first-order valence-electron chi connectivity index (χ1n) is 5.05. The van der Waals surface area contributed by atoms with Crippen LogP contribution in [0.5, 0.6) is 0 Å². The molecule has 1 atom stereocenters. The number of hydrogen-bond donors (Lipinski definition) is 1. The molecular weight excluding hydrogens is 196 g/mol. The number of carboxylic acid groups (broad SMARTS) is 1. The first kappa shape index (κ1) is 11.7. The molecule has 15 heavy (non-hydrogen) atoms. The Kier molecular flexibility index (Phi) is 4.30. The number of ether oxygens (including phenoxy) is 1. The summed E-state index contributed by atoms with van der Waals surface area (Å²) in [4.78, 5) is 10.9. The number of aryl methyl sites for hydroxylation is 1. The largest absolute Gasteiger partial charge is 0.479 e. The third kappa shape index (κ3) is 3.06. The van der Waals surface area contributed by atoms with E-state index in [1.54, 1.807) is 24.0 Å². The minimum atomic E-state index is -0.979. The number of carbonyl (C=O) groups is 1. The molecule has 0 aromatic carbocycles. The fourth-order valence-corrected chi connectivity index (χ4v) is 1.34. The Morgan fingerprint density at radius 1 is 1.67 bits per heavy atom. The minimum Gasteiger partial charge on any atom is -0.479 e. The third-order valence-electron chi connectivity index (χ3n) is 1.97. The average Bonchev–Trinajstić information content (AvgIpc) is 2.62. The summed E-state index contributed by atoms with van der Waals surface area (Å²) in [5.41, 5.74) is 0.595. The van der Waals surface area contributed by atoms with E-state index in [0.717, 1.165) is 13.0 Å². The van der Waals surface area contributed by atoms with E-state index in [1.807, 2.05) is 6.92 Å². The Labute approximate surface area is 88.7 Å². The maximum Gasteiger partial charge on any atom is 0.337 e. The standard InChI is InChI=1S/C10H16N2O3/c1-3-5-12-7-8(6-11-12)9(10(13)14)15-4-2/h6-7,9H,3-5H2,1-2H3,(H,13,14). The lowest BCUT2D eigenvalue weighted by atomic mass is 10.2. The van der Waals surface area contributed by atoms with Gasteiger partial charge in [-0.05, 0) is 13.3 Å². The van der Waals surface area contributed by atoms with E-state index in [9.17, 15) is 4.79 Å². The molecule has 0 aliphatic carbocycles. The summed E-state index contributed by atoms with van der Waals surface area (Å²) < 4.78 is 6.85. The SMILES string of the molecule is CCCn1cc(C(OCC)C(=O)O)cn1. The van der Waals surface area contributed by atoms with Gasteiger partial charge in [0.2, 0.25) is 0 Å². The van der Waals surface area contributed by atoms with Crippen LogP contribution in [0.4, 0.5) is 0 Å². The van der Waals surface area contributed by atoms with Crippen LogP contribution in [-0.4, -0.2) is 27.5 Å². The van der Waals surface area contributed by atoms with Crippen LogP contribution in [0.25, 0.3) is 0 Å². The lowest BCUT2D eigenvalue weighted by Gasteiger charge is -2.09. The molecule has 0 bridgehead atoms. The van der Waals surface area contributed by atoms with Crippen molar-refractivity contribution in [1.82, 2.24) is 9.78 Å². The van der Waals surface area contributed by atoms with Crippen LogP contribution in [0.15, 0.2) is 12.4 Å². The predicted octanol–water partition coefficient (Wildman–Crippen LogP) is 1.46. The zero-order valence-electron chi connectivity index (χ0n) is 9.01. The van der Waals surface area contributed by atoms with E-state index in [4.69, 9.17) is 9.84 Å². The van der Waals surface area contributed by atoms with Crippen LogP contribution in [0.3, 0.4) is 0 Å². The van der Waals surface area contributed by atoms with Gasteiger partial charge in [-0.25, -0.2) is 4.79 Å². The van der Waals surface area contributed by atoms with Gasteiger partial charge in [-0.2, -0.15) is 5.10 Å². The number of carboxylic acids is 1. The van der Waals surface area contributed by atoms with Gasteiger partial charge in [-0.1, -0.05) is 6.92 Å². The maximum absolute atomic E-state index is 10.9. The first-order chi connectivity index (χ1) is 7.19. The quantitative estimate of drug-likeness (QED) is 0.775. The fraction of sp³-hybridized carbons (Fsp3) is 0.600. The summed E-state index contributed by atoms with van der Waals surface area (Å²) in [5, 5.41) is 13.0. The van der Waals surface area contributed by atoms with E-state index >= 15 is 0 Å². The Morgan fingerprint density at radius 3 is 2.93 bits per heavy atom. The van der Waals surface area contributed by atoms with Crippen LogP contribution >= 0.6 is 0 Å². The van der Waals surface area contributed by atoms with Gasteiger partial charge in [-0.3, -0.25) is 4.68 Å². The van der Waals surface area contributed by atoms with E-state index in [2.05, 4.69) is 5.10 Å². The van der Waals surface area contributed by atoms with Gasteiger partial charge in [0.15, 0.2) is 6.10 Å². The molecule has 0 saturated heterocycles. The van der Waals surface area contributed by atoms with Crippen molar-refractivity contribution in [3.63, 3.8) is 0 Å². The zero-order chi connectivity index (χ0) is 11.3. The molecule has 84 valence electrons. The molecule has 0 fully saturated rings. The van der Waals surface area contributed by atoms with Crippen molar-refractivity contribution in [1.29, 1.82) is 0 Å². The summed E-state index contributed by atoms with van der Waals surface area (Å²) >= 11 is 0. The molecule has 1 heterocycles. The molecule has 5 heteroatoms. The average molecular weight is 212 g/mol. The summed E-state index contributed by atoms with van der Waals surface area (Å²) in [6.07, 6.45) is 3.33. The molecule has 0 aliphatic rings. The van der Waals surface area contributed by atoms with E-state index in [0.29, 0.717) is 12.2 Å². The van der Waals surface area contributed by atoms with Crippen LogP contribution < -0.4 is 0 Å². The Morgan fingerprint density at radius 2 is 2.40 bits per heavy atom. The molecule has 0 amide bonds. The molecular formula is C10H16N2O3. The molecule has 0 saturated carbocycles. The second-order valence-corrected chi connectivity index (χ2v) is 3.21. The van der Waals surface area contributed by atoms with Gasteiger partial charge in [0.1, 0.15) is 0 Å². The van der Waals surface area contributed by atoms with Gasteiger partial charge >= 0.3 is 5.97 Å². The summed E-state index contributed by atoms with van der Waals surface area (Å²) in [7, 11) is 0. The van der Waals surface area contributed by atoms with Crippen LogP contribution in [0.1, 0.15) is 31.9 Å². The van der Waals surface area contributed by atoms with Crippen molar-refractivity contribution < 1.29 is 14.6 Å². The van der Waals surface area contributed by atoms with E-state index < -0.39 is 12.1 Å². The van der Waals surface area contributed by atoms with E-state index in [1.165, 1.54) is 0 Å². The van der Waals surface area contributed by atoms with Crippen molar-refractivity contribution in [2.24, 2.45) is 0 Å². The zero-order valence-corrected chi connectivity index (χ0v) is 9.01. The van der Waals surface area contributed by atoms with Crippen molar-refractivity contribution in [2.45, 2.75) is 32.9 Å². The topological polar surface area (TPSA) is 64.3 Å². The molecule has 1 unspecified atom stereocenters. The highest BCUT2D eigenvalue weighted by Crippen LogP contribution is 2.16. The van der Waals surface area contributed by atoms with Gasteiger partial charge in [-0.15, -0.1) is 0 Å². The molecule has 1 aromatic heterocycles. The number of hydrogen-bond acceptors (Lipinski definition) is 3. The summed E-state index contributed by atoms with van der Waals surface area (Å²) in [6, 6.07) is 0. The molecule has 0 radical (unpaired) electrons. The van der Waals surface area contributed by atoms with Crippen LogP contribution in [0.2, 0.25) is 0 Å². The minimum absolute atomic E-state index is 0.371. The van der Waals surface area contributed by atoms with Crippen molar-refractivity contribution in [2.75, 3.05) is 6.61 Å². The number of nitrogens with zero attached hydrogens (tertiary/aromatic N) is 2. The maximum atomic E-state index is 10.9. The van der Waals surface area contributed by atoms with Crippen LogP contribution in [0, 0.1) is 0 Å². The highest BCUT2D eigenvalue weighted by Gasteiger charge is 2.21. The summed E-state index contributed by atoms with van der Waals surface area (Å²) in [5.74, 6) is -0.979. The van der Waals surface area contributed by atoms with Crippen LogP contribution in [-0.2, 0) is 16.1 Å². The Balaban J connectivity index is 2.77. The molecule has 1 rings (SSSR count). The van der Waals surface area contributed by atoms with Gasteiger partial charge in [0.25, 0.3) is 0 Å². The van der Waals surface area contributed by atoms with Crippen molar-refractivity contribution >= 4 is 5.97 Å². The lowest BCUT2D eigenvalue weighted by Crippen LogP contribution is -2.14. The monoisotopic (exact) mass is 212 g/mol. The van der Waals surface area contributed by atoms with Crippen molar-refractivity contribution in [3.8, 4) is 0 Å². The second-order valence-electron chi connectivity index (χ2n) is 3.21. The predicted molar refractivity (Wildman–Crippen MR) is 54.5 cm³/mol. The van der Waals surface area contributed by atoms with E-state index in [-0.39, 0.29) is 0 Å². The normalized spacial score (nSPS) is 12.7. The molecule has 0 spiro atoms. The number of rotatable bonds is 6. The molecule has 1 aromatic rings. The van der Waals surface area contributed by atoms with Gasteiger partial charge in [0.05, 0.1) is 6.20 Å². The number of aromatic nitrogens is 2. The van der Waals surface area contributed by atoms with Gasteiger partial charge < -0.3 is 9.84 Å². The highest BCUT2D eigenvalue weighted by molar-refractivity contribution is 5.74. The van der Waals surface area contributed by atoms with Gasteiger partial charge in [0, 0.05) is 24.9 Å². The summed E-state index contributed by atoms with van der Waals surface area (Å²) in [6.45, 7) is 4.97. The molecule has 5 nitrogen and oxygen atoms in total.